The van der Waals surface area contributed by atoms with Crippen molar-refractivity contribution in [2.75, 3.05) is 14.1 Å². The van der Waals surface area contributed by atoms with E-state index in [4.69, 9.17) is 16.1 Å². The lowest BCUT2D eigenvalue weighted by Crippen LogP contribution is -2.48. The molecule has 0 saturated heterocycles. The number of aromatic nitrogens is 1. The summed E-state index contributed by atoms with van der Waals surface area (Å²) in [4.78, 5) is 15.3. The van der Waals surface area contributed by atoms with E-state index < -0.39 is 5.82 Å². The second-order valence-corrected chi connectivity index (χ2v) is 9.15. The van der Waals surface area contributed by atoms with Crippen molar-refractivity contribution in [1.82, 2.24) is 15.4 Å². The van der Waals surface area contributed by atoms with Crippen molar-refractivity contribution in [3.63, 3.8) is 0 Å². The summed E-state index contributed by atoms with van der Waals surface area (Å²) in [6.45, 7) is 1.61. The van der Waals surface area contributed by atoms with E-state index in [0.29, 0.717) is 18.6 Å². The van der Waals surface area contributed by atoms with Gasteiger partial charge in [-0.3, -0.25) is 9.69 Å². The van der Waals surface area contributed by atoms with Crippen molar-refractivity contribution in [3.8, 4) is 11.3 Å². The van der Waals surface area contributed by atoms with Gasteiger partial charge in [-0.25, -0.2) is 8.78 Å². The van der Waals surface area contributed by atoms with Crippen LogP contribution in [-0.2, 0) is 5.54 Å². The zero-order valence-corrected chi connectivity index (χ0v) is 19.5. The summed E-state index contributed by atoms with van der Waals surface area (Å²) in [6, 6.07) is 10.9. The quantitative estimate of drug-likeness (QED) is 0.515. The molecule has 0 aliphatic heterocycles. The summed E-state index contributed by atoms with van der Waals surface area (Å²) in [5.41, 5.74) is 0.941. The first-order valence-electron chi connectivity index (χ1n) is 10.9. The Morgan fingerprint density at radius 2 is 1.88 bits per heavy atom. The van der Waals surface area contributed by atoms with E-state index in [-0.39, 0.29) is 45.1 Å². The van der Waals surface area contributed by atoms with Gasteiger partial charge in [-0.05, 0) is 76.5 Å². The highest BCUT2D eigenvalue weighted by Crippen LogP contribution is 2.41. The largest absolute Gasteiger partial charge is 0.360 e. The van der Waals surface area contributed by atoms with Crippen LogP contribution in [0.25, 0.3) is 11.3 Å². The van der Waals surface area contributed by atoms with E-state index in [1.807, 2.05) is 20.2 Å². The van der Waals surface area contributed by atoms with Gasteiger partial charge in [-0.1, -0.05) is 35.0 Å². The van der Waals surface area contributed by atoms with Gasteiger partial charge in [0.2, 0.25) is 0 Å². The molecule has 0 unspecified atom stereocenters. The number of halogens is 3. The molecule has 1 fully saturated rings. The van der Waals surface area contributed by atoms with Gasteiger partial charge in [-0.2, -0.15) is 0 Å². The highest BCUT2D eigenvalue weighted by atomic mass is 35.5. The lowest BCUT2D eigenvalue weighted by atomic mass is 9.74. The van der Waals surface area contributed by atoms with Gasteiger partial charge in [0.15, 0.2) is 0 Å². The molecule has 5 nitrogen and oxygen atoms in total. The van der Waals surface area contributed by atoms with Gasteiger partial charge in [0, 0.05) is 11.6 Å². The molecular weight excluding hydrogens is 448 g/mol. The normalized spacial score (nSPS) is 20.8. The fourth-order valence-corrected chi connectivity index (χ4v) is 5.06. The molecule has 0 atom stereocenters. The number of hydrogen-bond acceptors (Lipinski definition) is 4. The van der Waals surface area contributed by atoms with Crippen LogP contribution in [0.2, 0.25) is 5.02 Å². The molecule has 1 heterocycles. The smallest absolute Gasteiger partial charge is 0.257 e. The van der Waals surface area contributed by atoms with E-state index in [2.05, 4.69) is 15.4 Å². The maximum atomic E-state index is 14.5. The summed E-state index contributed by atoms with van der Waals surface area (Å²) >= 11 is 6.19. The van der Waals surface area contributed by atoms with Crippen LogP contribution in [0.15, 0.2) is 47.0 Å². The molecule has 0 spiro atoms. The van der Waals surface area contributed by atoms with Crippen molar-refractivity contribution >= 4 is 17.5 Å². The lowest BCUT2D eigenvalue weighted by Gasteiger charge is -2.45. The van der Waals surface area contributed by atoms with Gasteiger partial charge in [0.1, 0.15) is 28.7 Å². The molecule has 33 heavy (non-hydrogen) atoms. The number of aryl methyl sites for hydroxylation is 1. The second kappa shape index (κ2) is 9.23. The molecule has 1 aromatic heterocycles. The van der Waals surface area contributed by atoms with Crippen LogP contribution < -0.4 is 5.32 Å². The molecule has 174 valence electrons. The monoisotopic (exact) mass is 473 g/mol. The summed E-state index contributed by atoms with van der Waals surface area (Å²) < 4.78 is 33.6. The lowest BCUT2D eigenvalue weighted by molar-refractivity contribution is 0.0756. The standard InChI is InChI=1S/C25H26ClF2N3O2/c1-15-21(23(30-33-15)22-19(26)8-5-9-20(22)28)24(32)29-18-10-12-25(13-11-18,31(2)3)16-6-4-7-17(27)14-16/h4-9,14,18H,10-13H2,1-3H3,(H,29,32). The number of rotatable bonds is 5. The predicted molar refractivity (Wildman–Crippen MR) is 123 cm³/mol. The highest BCUT2D eigenvalue weighted by molar-refractivity contribution is 6.33. The molecule has 8 heteroatoms. The van der Waals surface area contributed by atoms with Gasteiger partial charge in [-0.15, -0.1) is 0 Å². The molecule has 0 bridgehead atoms. The molecule has 1 amide bonds. The van der Waals surface area contributed by atoms with E-state index in [9.17, 15) is 13.6 Å². The maximum Gasteiger partial charge on any atom is 0.257 e. The number of nitrogens with zero attached hydrogens (tertiary/aromatic N) is 2. The van der Waals surface area contributed by atoms with Crippen LogP contribution >= 0.6 is 11.6 Å². The molecular formula is C25H26ClF2N3O2. The van der Waals surface area contributed by atoms with Crippen molar-refractivity contribution in [2.24, 2.45) is 0 Å². The van der Waals surface area contributed by atoms with Gasteiger partial charge in [0.25, 0.3) is 5.91 Å². The second-order valence-electron chi connectivity index (χ2n) is 8.74. The summed E-state index contributed by atoms with van der Waals surface area (Å²) in [6.07, 6.45) is 2.92. The Kier molecular flexibility index (Phi) is 6.54. The van der Waals surface area contributed by atoms with Crippen LogP contribution in [0.5, 0.6) is 0 Å². The van der Waals surface area contributed by atoms with Gasteiger partial charge >= 0.3 is 0 Å². The number of hydrogen-bond donors (Lipinski definition) is 1. The van der Waals surface area contributed by atoms with Crippen molar-refractivity contribution < 1.29 is 18.1 Å². The average molecular weight is 474 g/mol. The fourth-order valence-electron chi connectivity index (χ4n) is 4.80. The third-order valence-corrected chi connectivity index (χ3v) is 6.97. The van der Waals surface area contributed by atoms with Crippen molar-refractivity contribution in [2.45, 2.75) is 44.2 Å². The van der Waals surface area contributed by atoms with E-state index in [1.165, 1.54) is 18.2 Å². The van der Waals surface area contributed by atoms with E-state index in [1.54, 1.807) is 25.1 Å². The molecule has 1 N–H and O–H groups in total. The molecule has 2 aromatic carbocycles. The molecule has 1 aliphatic carbocycles. The maximum absolute atomic E-state index is 14.5. The highest BCUT2D eigenvalue weighted by Gasteiger charge is 2.39. The summed E-state index contributed by atoms with van der Waals surface area (Å²) in [5, 5.41) is 7.12. The van der Waals surface area contributed by atoms with E-state index >= 15 is 0 Å². The molecule has 4 rings (SSSR count). The third kappa shape index (κ3) is 4.39. The van der Waals surface area contributed by atoms with Gasteiger partial charge < -0.3 is 9.84 Å². The third-order valence-electron chi connectivity index (χ3n) is 6.66. The van der Waals surface area contributed by atoms with E-state index in [0.717, 1.165) is 18.4 Å². The minimum absolute atomic E-state index is 0.0440. The Balaban J connectivity index is 1.53. The Morgan fingerprint density at radius 3 is 2.52 bits per heavy atom. The summed E-state index contributed by atoms with van der Waals surface area (Å²) in [5.74, 6) is -0.920. The van der Waals surface area contributed by atoms with Crippen LogP contribution in [0.3, 0.4) is 0 Å². The Bertz CT molecular complexity index is 1150. The molecule has 1 aliphatic rings. The van der Waals surface area contributed by atoms with Crippen molar-refractivity contribution in [3.05, 3.63) is 76.0 Å². The first-order chi connectivity index (χ1) is 15.7. The number of benzene rings is 2. The minimum atomic E-state index is -0.576. The predicted octanol–water partition coefficient (Wildman–Crippen LogP) is 5.71. The minimum Gasteiger partial charge on any atom is -0.360 e. The zero-order chi connectivity index (χ0) is 23.8. The average Bonchev–Trinajstić information content (AvgIpc) is 3.15. The first kappa shape index (κ1) is 23.4. The molecule has 1 saturated carbocycles. The first-order valence-corrected chi connectivity index (χ1v) is 11.3. The SMILES string of the molecule is Cc1onc(-c2c(F)cccc2Cl)c1C(=O)NC1CCC(c2cccc(F)c2)(N(C)C)CC1. The Hall–Kier alpha value is -2.77. The van der Waals surface area contributed by atoms with Crippen molar-refractivity contribution in [1.29, 1.82) is 0 Å². The zero-order valence-electron chi connectivity index (χ0n) is 18.8. The number of nitrogens with one attached hydrogen (secondary N) is 1. The molecule has 0 radical (unpaired) electrons. The molecule has 3 aromatic rings. The van der Waals surface area contributed by atoms with Crippen LogP contribution in [-0.4, -0.2) is 36.1 Å². The Labute approximate surface area is 196 Å². The Morgan fingerprint density at radius 1 is 1.18 bits per heavy atom. The number of carbonyl (C=O) groups excluding carboxylic acids is 1. The number of carbonyl (C=O) groups is 1. The summed E-state index contributed by atoms with van der Waals surface area (Å²) in [7, 11) is 3.99. The van der Waals surface area contributed by atoms with Crippen LogP contribution in [0.4, 0.5) is 8.78 Å². The van der Waals surface area contributed by atoms with Gasteiger partial charge in [0.05, 0.1) is 10.6 Å². The number of amides is 1. The fraction of sp³-hybridized carbons (Fsp3) is 0.360. The van der Waals surface area contributed by atoms with Crippen LogP contribution in [0, 0.1) is 18.6 Å². The van der Waals surface area contributed by atoms with Crippen LogP contribution in [0.1, 0.15) is 47.4 Å². The topological polar surface area (TPSA) is 58.4 Å².